The summed E-state index contributed by atoms with van der Waals surface area (Å²) in [6.45, 7) is 1.70. The maximum Gasteiger partial charge on any atom is 0.253 e. The molecule has 0 spiro atoms. The summed E-state index contributed by atoms with van der Waals surface area (Å²) < 4.78 is 0. The average Bonchev–Trinajstić information content (AvgIpc) is 3.03. The molecule has 2 amide bonds. The van der Waals surface area contributed by atoms with Crippen LogP contribution in [0.2, 0.25) is 10.0 Å². The number of amides is 2. The first kappa shape index (κ1) is 18.7. The smallest absolute Gasteiger partial charge is 0.253 e. The Morgan fingerprint density at radius 1 is 1.19 bits per heavy atom. The van der Waals surface area contributed by atoms with Crippen molar-refractivity contribution >= 4 is 35.0 Å². The molecule has 1 aliphatic heterocycles. The molecule has 0 unspecified atom stereocenters. The predicted molar refractivity (Wildman–Crippen MR) is 103 cm³/mol. The average molecular weight is 391 g/mol. The summed E-state index contributed by atoms with van der Waals surface area (Å²) in [6, 6.07) is 12.8. The van der Waals surface area contributed by atoms with Crippen molar-refractivity contribution in [1.29, 1.82) is 0 Å². The number of halogens is 2. The second-order valence-corrected chi connectivity index (χ2v) is 7.28. The highest BCUT2D eigenvalue weighted by Crippen LogP contribution is 2.26. The van der Waals surface area contributed by atoms with E-state index in [1.54, 1.807) is 24.1 Å². The van der Waals surface area contributed by atoms with E-state index in [1.165, 1.54) is 0 Å². The van der Waals surface area contributed by atoms with Gasteiger partial charge in [-0.05, 0) is 35.7 Å². The maximum atomic E-state index is 12.8. The Morgan fingerprint density at radius 3 is 2.69 bits per heavy atom. The third-order valence-corrected chi connectivity index (χ3v) is 5.36. The SMILES string of the molecule is CN(Cc1cccc(Cl)c1Cl)C(=O)c1cccc(CN2CCCC2=O)c1. The lowest BCUT2D eigenvalue weighted by Crippen LogP contribution is -2.27. The zero-order chi connectivity index (χ0) is 18.7. The molecule has 4 nitrogen and oxygen atoms in total. The molecule has 1 saturated heterocycles. The molecule has 26 heavy (non-hydrogen) atoms. The van der Waals surface area contributed by atoms with Gasteiger partial charge < -0.3 is 9.80 Å². The number of hydrogen-bond donors (Lipinski definition) is 0. The molecular formula is C20H20Cl2N2O2. The fourth-order valence-corrected chi connectivity index (χ4v) is 3.49. The highest BCUT2D eigenvalue weighted by Gasteiger charge is 2.21. The molecule has 6 heteroatoms. The summed E-state index contributed by atoms with van der Waals surface area (Å²) in [5, 5.41) is 0.942. The van der Waals surface area contributed by atoms with E-state index in [0.717, 1.165) is 24.1 Å². The van der Waals surface area contributed by atoms with Crippen LogP contribution in [0.1, 0.15) is 34.3 Å². The van der Waals surface area contributed by atoms with Crippen LogP contribution in [-0.4, -0.2) is 35.2 Å². The number of carbonyl (C=O) groups excluding carboxylic acids is 2. The van der Waals surface area contributed by atoms with E-state index >= 15 is 0 Å². The largest absolute Gasteiger partial charge is 0.338 e. The van der Waals surface area contributed by atoms with Gasteiger partial charge in [0.15, 0.2) is 0 Å². The highest BCUT2D eigenvalue weighted by molar-refractivity contribution is 6.42. The Balaban J connectivity index is 1.71. The number of nitrogens with zero attached hydrogens (tertiary/aromatic N) is 2. The van der Waals surface area contributed by atoms with E-state index in [4.69, 9.17) is 23.2 Å². The molecular weight excluding hydrogens is 371 g/mol. The molecule has 2 aromatic carbocycles. The first-order valence-electron chi connectivity index (χ1n) is 8.51. The van der Waals surface area contributed by atoms with Crippen molar-refractivity contribution in [2.75, 3.05) is 13.6 Å². The van der Waals surface area contributed by atoms with E-state index < -0.39 is 0 Å². The third kappa shape index (κ3) is 4.19. The Bertz CT molecular complexity index is 838. The van der Waals surface area contributed by atoms with Crippen LogP contribution in [0, 0.1) is 0 Å². The van der Waals surface area contributed by atoms with Gasteiger partial charge in [0, 0.05) is 38.7 Å². The second kappa shape index (κ2) is 8.11. The number of carbonyl (C=O) groups is 2. The number of likely N-dealkylation sites (tertiary alicyclic amines) is 1. The molecule has 0 atom stereocenters. The van der Waals surface area contributed by atoms with Gasteiger partial charge in [-0.15, -0.1) is 0 Å². The Labute approximate surface area is 163 Å². The Kier molecular flexibility index (Phi) is 5.84. The van der Waals surface area contributed by atoms with E-state index in [0.29, 0.717) is 35.1 Å². The maximum absolute atomic E-state index is 12.8. The summed E-state index contributed by atoms with van der Waals surface area (Å²) in [4.78, 5) is 28.0. The van der Waals surface area contributed by atoms with E-state index in [1.807, 2.05) is 35.2 Å². The molecule has 0 aliphatic carbocycles. The lowest BCUT2D eigenvalue weighted by atomic mass is 10.1. The van der Waals surface area contributed by atoms with Crippen LogP contribution in [-0.2, 0) is 17.9 Å². The van der Waals surface area contributed by atoms with E-state index in [-0.39, 0.29) is 11.8 Å². The first-order chi connectivity index (χ1) is 12.5. The summed E-state index contributed by atoms with van der Waals surface area (Å²) in [5.41, 5.74) is 2.35. The number of hydrogen-bond acceptors (Lipinski definition) is 2. The van der Waals surface area contributed by atoms with Gasteiger partial charge in [-0.3, -0.25) is 9.59 Å². The molecule has 1 fully saturated rings. The van der Waals surface area contributed by atoms with Crippen LogP contribution in [0.25, 0.3) is 0 Å². The van der Waals surface area contributed by atoms with Gasteiger partial charge in [-0.25, -0.2) is 0 Å². The van der Waals surface area contributed by atoms with Crippen LogP contribution in [0.4, 0.5) is 0 Å². The first-order valence-corrected chi connectivity index (χ1v) is 9.26. The van der Waals surface area contributed by atoms with Crippen LogP contribution >= 0.6 is 23.2 Å². The lowest BCUT2D eigenvalue weighted by molar-refractivity contribution is -0.128. The highest BCUT2D eigenvalue weighted by atomic mass is 35.5. The quantitative estimate of drug-likeness (QED) is 0.759. The molecule has 3 rings (SSSR count). The molecule has 0 saturated carbocycles. The molecule has 0 aromatic heterocycles. The summed E-state index contributed by atoms with van der Waals surface area (Å²) in [5.74, 6) is 0.0742. The van der Waals surface area contributed by atoms with Gasteiger partial charge in [0.05, 0.1) is 10.0 Å². The summed E-state index contributed by atoms with van der Waals surface area (Å²) in [7, 11) is 1.73. The van der Waals surface area contributed by atoms with E-state index in [2.05, 4.69) is 0 Å². The van der Waals surface area contributed by atoms with Crippen LogP contribution in [0.15, 0.2) is 42.5 Å². The predicted octanol–water partition coefficient (Wildman–Crippen LogP) is 4.39. The molecule has 0 radical (unpaired) electrons. The molecule has 1 heterocycles. The summed E-state index contributed by atoms with van der Waals surface area (Å²) in [6.07, 6.45) is 1.52. The normalized spacial score (nSPS) is 14.0. The van der Waals surface area contributed by atoms with Crippen molar-refractivity contribution in [2.45, 2.75) is 25.9 Å². The van der Waals surface area contributed by atoms with Crippen molar-refractivity contribution < 1.29 is 9.59 Å². The van der Waals surface area contributed by atoms with Crippen molar-refractivity contribution in [3.63, 3.8) is 0 Å². The van der Waals surface area contributed by atoms with Gasteiger partial charge in [0.1, 0.15) is 0 Å². The third-order valence-electron chi connectivity index (χ3n) is 4.50. The topological polar surface area (TPSA) is 40.6 Å². The van der Waals surface area contributed by atoms with Gasteiger partial charge in [0.2, 0.25) is 5.91 Å². The van der Waals surface area contributed by atoms with E-state index in [9.17, 15) is 9.59 Å². The Hall–Kier alpha value is -2.04. The second-order valence-electron chi connectivity index (χ2n) is 6.49. The van der Waals surface area contributed by atoms with Crippen molar-refractivity contribution in [3.05, 3.63) is 69.2 Å². The van der Waals surface area contributed by atoms with Crippen LogP contribution in [0.5, 0.6) is 0 Å². The van der Waals surface area contributed by atoms with Gasteiger partial charge in [0.25, 0.3) is 5.91 Å². The van der Waals surface area contributed by atoms with Gasteiger partial charge in [-0.1, -0.05) is 47.5 Å². The van der Waals surface area contributed by atoms with Crippen LogP contribution in [0.3, 0.4) is 0 Å². The lowest BCUT2D eigenvalue weighted by Gasteiger charge is -2.20. The Morgan fingerprint density at radius 2 is 1.96 bits per heavy atom. The molecule has 1 aliphatic rings. The zero-order valence-electron chi connectivity index (χ0n) is 14.5. The standard InChI is InChI=1S/C20H20Cl2N2O2/c1-23(13-16-7-3-8-17(21)19(16)22)20(26)15-6-2-5-14(11-15)12-24-10-4-9-18(24)25/h2-3,5-8,11H,4,9-10,12-13H2,1H3. The monoisotopic (exact) mass is 390 g/mol. The number of rotatable bonds is 5. The van der Waals surface area contributed by atoms with Crippen molar-refractivity contribution in [3.8, 4) is 0 Å². The van der Waals surface area contributed by atoms with Crippen LogP contribution < -0.4 is 0 Å². The van der Waals surface area contributed by atoms with Crippen molar-refractivity contribution in [2.24, 2.45) is 0 Å². The van der Waals surface area contributed by atoms with Gasteiger partial charge in [-0.2, -0.15) is 0 Å². The zero-order valence-corrected chi connectivity index (χ0v) is 16.1. The molecule has 136 valence electrons. The fourth-order valence-electron chi connectivity index (χ4n) is 3.11. The van der Waals surface area contributed by atoms with Crippen molar-refractivity contribution in [1.82, 2.24) is 9.80 Å². The minimum absolute atomic E-state index is 0.101. The molecule has 0 N–H and O–H groups in total. The minimum Gasteiger partial charge on any atom is -0.338 e. The van der Waals surface area contributed by atoms with Gasteiger partial charge >= 0.3 is 0 Å². The number of benzene rings is 2. The molecule has 2 aromatic rings. The summed E-state index contributed by atoms with van der Waals surface area (Å²) >= 11 is 12.3. The molecule has 0 bridgehead atoms. The minimum atomic E-state index is -0.101. The fraction of sp³-hybridized carbons (Fsp3) is 0.300.